The standard InChI is InChI=1S/C17H17N5O5/c1-17(10-6-7-10)15(25)21(16(26)18-17)8-13(23)27-9-22-14(24)11-4-2-3-5-12(11)19-20-22/h2-5,10H,6-9H2,1H3,(H,18,26)/t17-/m1/s1. The van der Waals surface area contributed by atoms with E-state index in [0.717, 1.165) is 22.4 Å². The minimum atomic E-state index is -0.960. The SMILES string of the molecule is C[C@]1(C2CC2)NC(=O)N(CC(=O)OCn2nnc3ccccc3c2=O)C1=O. The van der Waals surface area contributed by atoms with Gasteiger partial charge in [-0.05, 0) is 37.8 Å². The van der Waals surface area contributed by atoms with E-state index in [1.807, 2.05) is 0 Å². The topological polar surface area (TPSA) is 123 Å². The van der Waals surface area contributed by atoms with Crippen LogP contribution < -0.4 is 10.9 Å². The Hall–Kier alpha value is -3.30. The zero-order valence-corrected chi connectivity index (χ0v) is 14.5. The number of carbonyl (C=O) groups excluding carboxylic acids is 3. The lowest BCUT2D eigenvalue weighted by Gasteiger charge is -2.20. The molecule has 2 fully saturated rings. The molecule has 1 N–H and O–H groups in total. The van der Waals surface area contributed by atoms with Crippen LogP contribution in [0.4, 0.5) is 4.79 Å². The lowest BCUT2D eigenvalue weighted by molar-refractivity contribution is -0.151. The highest BCUT2D eigenvalue weighted by Crippen LogP contribution is 2.42. The van der Waals surface area contributed by atoms with Gasteiger partial charge in [-0.3, -0.25) is 19.3 Å². The van der Waals surface area contributed by atoms with E-state index in [4.69, 9.17) is 4.74 Å². The van der Waals surface area contributed by atoms with Gasteiger partial charge in [-0.25, -0.2) is 4.79 Å². The van der Waals surface area contributed by atoms with Crippen LogP contribution in [0.2, 0.25) is 0 Å². The molecule has 3 amide bonds. The number of nitrogens with zero attached hydrogens (tertiary/aromatic N) is 4. The van der Waals surface area contributed by atoms with E-state index < -0.39 is 42.3 Å². The first kappa shape index (κ1) is 17.1. The number of carbonyl (C=O) groups is 3. The van der Waals surface area contributed by atoms with E-state index in [1.165, 1.54) is 0 Å². The number of aromatic nitrogens is 3. The van der Waals surface area contributed by atoms with Gasteiger partial charge in [0.05, 0.1) is 5.39 Å². The van der Waals surface area contributed by atoms with Crippen molar-refractivity contribution < 1.29 is 19.1 Å². The molecule has 0 unspecified atom stereocenters. The van der Waals surface area contributed by atoms with Crippen molar-refractivity contribution >= 4 is 28.8 Å². The number of rotatable bonds is 5. The third kappa shape index (κ3) is 2.92. The quantitative estimate of drug-likeness (QED) is 0.580. The smallest absolute Gasteiger partial charge is 0.328 e. The van der Waals surface area contributed by atoms with Gasteiger partial charge in [-0.15, -0.1) is 5.10 Å². The van der Waals surface area contributed by atoms with Gasteiger partial charge >= 0.3 is 12.0 Å². The second-order valence-corrected chi connectivity index (χ2v) is 6.85. The Morgan fingerprint density at radius 2 is 2.04 bits per heavy atom. The van der Waals surface area contributed by atoms with Gasteiger partial charge in [-0.2, -0.15) is 4.68 Å². The number of hydrogen-bond acceptors (Lipinski definition) is 7. The van der Waals surface area contributed by atoms with Gasteiger partial charge in [0.15, 0.2) is 6.73 Å². The molecule has 0 bridgehead atoms. The van der Waals surface area contributed by atoms with Gasteiger partial charge in [-0.1, -0.05) is 17.3 Å². The second kappa shape index (κ2) is 6.15. The Morgan fingerprint density at radius 1 is 1.30 bits per heavy atom. The molecule has 0 spiro atoms. The molecule has 1 aliphatic heterocycles. The molecule has 1 aliphatic carbocycles. The van der Waals surface area contributed by atoms with Crippen LogP contribution in [0.1, 0.15) is 19.8 Å². The van der Waals surface area contributed by atoms with E-state index >= 15 is 0 Å². The minimum Gasteiger partial charge on any atom is -0.441 e. The number of imide groups is 1. The molecule has 1 atom stereocenters. The van der Waals surface area contributed by atoms with Crippen LogP contribution >= 0.6 is 0 Å². The molecule has 140 valence electrons. The summed E-state index contributed by atoms with van der Waals surface area (Å²) >= 11 is 0. The lowest BCUT2D eigenvalue weighted by atomic mass is 9.96. The van der Waals surface area contributed by atoms with Crippen molar-refractivity contribution in [3.63, 3.8) is 0 Å². The maximum Gasteiger partial charge on any atom is 0.328 e. The molecule has 2 aromatic rings. The van der Waals surface area contributed by atoms with Gasteiger partial charge < -0.3 is 10.1 Å². The van der Waals surface area contributed by atoms with E-state index in [2.05, 4.69) is 15.6 Å². The molecule has 1 saturated carbocycles. The van der Waals surface area contributed by atoms with Crippen molar-refractivity contribution in [1.82, 2.24) is 25.2 Å². The van der Waals surface area contributed by atoms with E-state index in [9.17, 15) is 19.2 Å². The average molecular weight is 371 g/mol. The molecule has 0 radical (unpaired) electrons. The summed E-state index contributed by atoms with van der Waals surface area (Å²) < 4.78 is 5.91. The largest absolute Gasteiger partial charge is 0.441 e. The Kier molecular flexibility index (Phi) is 3.90. The first-order valence-corrected chi connectivity index (χ1v) is 8.52. The number of urea groups is 1. The zero-order valence-electron chi connectivity index (χ0n) is 14.5. The number of fused-ring (bicyclic) bond motifs is 1. The van der Waals surface area contributed by atoms with Crippen LogP contribution in [0.3, 0.4) is 0 Å². The highest BCUT2D eigenvalue weighted by Gasteiger charge is 2.56. The number of amides is 3. The summed E-state index contributed by atoms with van der Waals surface area (Å²) in [5.41, 5.74) is -0.980. The van der Waals surface area contributed by atoms with Crippen LogP contribution in [-0.4, -0.2) is 49.9 Å². The summed E-state index contributed by atoms with van der Waals surface area (Å²) in [6, 6.07) is 6.05. The monoisotopic (exact) mass is 371 g/mol. The van der Waals surface area contributed by atoms with Crippen molar-refractivity contribution in [2.45, 2.75) is 32.0 Å². The number of esters is 1. The number of benzene rings is 1. The molecule has 27 heavy (non-hydrogen) atoms. The molecule has 1 aromatic heterocycles. The van der Waals surface area contributed by atoms with Gasteiger partial charge in [0.2, 0.25) is 0 Å². The van der Waals surface area contributed by atoms with Gasteiger partial charge in [0.1, 0.15) is 17.6 Å². The molecule has 10 nitrogen and oxygen atoms in total. The fourth-order valence-corrected chi connectivity index (χ4v) is 3.21. The molecule has 10 heteroatoms. The highest BCUT2D eigenvalue weighted by atomic mass is 16.5. The maximum atomic E-state index is 12.5. The molecule has 1 aromatic carbocycles. The predicted molar refractivity (Wildman–Crippen MR) is 91.3 cm³/mol. The van der Waals surface area contributed by atoms with Crippen LogP contribution in [0, 0.1) is 5.92 Å². The Bertz CT molecular complexity index is 1010. The van der Waals surface area contributed by atoms with Crippen molar-refractivity contribution in [2.75, 3.05) is 6.54 Å². The summed E-state index contributed by atoms with van der Waals surface area (Å²) in [6.45, 7) is 0.683. The molecular formula is C17H17N5O5. The highest BCUT2D eigenvalue weighted by molar-refractivity contribution is 6.08. The maximum absolute atomic E-state index is 12.5. The van der Waals surface area contributed by atoms with Crippen LogP contribution in [0.15, 0.2) is 29.1 Å². The van der Waals surface area contributed by atoms with Crippen LogP contribution in [0.25, 0.3) is 10.9 Å². The van der Waals surface area contributed by atoms with Crippen molar-refractivity contribution in [3.05, 3.63) is 34.6 Å². The molecule has 4 rings (SSSR count). The van der Waals surface area contributed by atoms with Gasteiger partial charge in [0.25, 0.3) is 11.5 Å². The summed E-state index contributed by atoms with van der Waals surface area (Å²) in [5, 5.41) is 10.6. The normalized spacial score (nSPS) is 22.2. The minimum absolute atomic E-state index is 0.0985. The average Bonchev–Trinajstić information content (AvgIpc) is 3.48. The van der Waals surface area contributed by atoms with Crippen molar-refractivity contribution in [2.24, 2.45) is 5.92 Å². The first-order chi connectivity index (χ1) is 12.9. The van der Waals surface area contributed by atoms with E-state index in [0.29, 0.717) is 10.9 Å². The number of ether oxygens (including phenoxy) is 1. The fourth-order valence-electron chi connectivity index (χ4n) is 3.21. The summed E-state index contributed by atoms with van der Waals surface area (Å²) in [4.78, 5) is 49.8. The molecule has 2 aliphatic rings. The fraction of sp³-hybridized carbons (Fsp3) is 0.412. The summed E-state index contributed by atoms with van der Waals surface area (Å²) in [6.07, 6.45) is 1.73. The number of nitrogens with one attached hydrogen (secondary N) is 1. The van der Waals surface area contributed by atoms with E-state index in [-0.39, 0.29) is 5.92 Å². The first-order valence-electron chi connectivity index (χ1n) is 8.52. The van der Waals surface area contributed by atoms with Gasteiger partial charge in [0, 0.05) is 0 Å². The van der Waals surface area contributed by atoms with Crippen LogP contribution in [0.5, 0.6) is 0 Å². The Morgan fingerprint density at radius 3 is 2.78 bits per heavy atom. The number of hydrogen-bond donors (Lipinski definition) is 1. The summed E-state index contributed by atoms with van der Waals surface area (Å²) in [5.74, 6) is -1.16. The zero-order chi connectivity index (χ0) is 19.2. The third-order valence-corrected chi connectivity index (χ3v) is 4.96. The van der Waals surface area contributed by atoms with Crippen molar-refractivity contribution in [3.8, 4) is 0 Å². The van der Waals surface area contributed by atoms with Crippen LogP contribution in [-0.2, 0) is 21.1 Å². The lowest BCUT2D eigenvalue weighted by Crippen LogP contribution is -2.46. The Balaban J connectivity index is 1.42. The molecule has 1 saturated heterocycles. The molecular weight excluding hydrogens is 354 g/mol. The second-order valence-electron chi connectivity index (χ2n) is 6.85. The predicted octanol–water partition coefficient (Wildman–Crippen LogP) is 0.0127. The summed E-state index contributed by atoms with van der Waals surface area (Å²) in [7, 11) is 0. The Labute approximate surface area is 153 Å². The third-order valence-electron chi connectivity index (χ3n) is 4.96. The molecule has 2 heterocycles. The van der Waals surface area contributed by atoms with E-state index in [1.54, 1.807) is 31.2 Å². The van der Waals surface area contributed by atoms with Crippen molar-refractivity contribution in [1.29, 1.82) is 0 Å².